The fourth-order valence-corrected chi connectivity index (χ4v) is 4.83. The Morgan fingerprint density at radius 3 is 3.00 bits per heavy atom. The average Bonchev–Trinajstić information content (AvgIpc) is 3.17. The van der Waals surface area contributed by atoms with Crippen LogP contribution in [-0.4, -0.2) is 51.9 Å². The molecule has 1 aromatic carbocycles. The number of aromatic nitrogens is 2. The van der Waals surface area contributed by atoms with Gasteiger partial charge in [0.05, 0.1) is 6.33 Å². The number of rotatable bonds is 5. The molecule has 27 heavy (non-hydrogen) atoms. The fraction of sp³-hybridized carbons (Fsp3) is 0.545. The van der Waals surface area contributed by atoms with E-state index in [1.807, 2.05) is 6.20 Å². The highest BCUT2D eigenvalue weighted by Crippen LogP contribution is 2.39. The van der Waals surface area contributed by atoms with Crippen LogP contribution in [0, 0.1) is 12.3 Å². The standard InChI is InChI=1S/C22H30N4O/c1-18-4-2-5-19(12-18)14-25-10-3-8-22(15-25)9-6-21(27)26(16-22)11-7-20-13-23-17-24-20/h2,4-5,12-13,17H,3,6-11,14-16H2,1H3,(H,23,24)/t22-/m0/s1. The first-order valence-electron chi connectivity index (χ1n) is 10.1. The second kappa shape index (κ2) is 7.85. The Balaban J connectivity index is 1.39. The molecule has 0 unspecified atom stereocenters. The van der Waals surface area contributed by atoms with Gasteiger partial charge >= 0.3 is 0 Å². The van der Waals surface area contributed by atoms with E-state index in [-0.39, 0.29) is 5.41 Å². The van der Waals surface area contributed by atoms with E-state index in [1.165, 1.54) is 24.0 Å². The van der Waals surface area contributed by atoms with Gasteiger partial charge in [-0.15, -0.1) is 0 Å². The summed E-state index contributed by atoms with van der Waals surface area (Å²) in [4.78, 5) is 24.4. The van der Waals surface area contributed by atoms with Gasteiger partial charge in [-0.3, -0.25) is 9.69 Å². The lowest BCUT2D eigenvalue weighted by molar-refractivity contribution is -0.139. The van der Waals surface area contributed by atoms with Crippen molar-refractivity contribution in [2.45, 2.75) is 45.6 Å². The largest absolute Gasteiger partial charge is 0.348 e. The lowest BCUT2D eigenvalue weighted by Crippen LogP contribution is -2.54. The number of imidazole rings is 1. The molecule has 2 aliphatic heterocycles. The predicted octanol–water partition coefficient (Wildman–Crippen LogP) is 3.17. The highest BCUT2D eigenvalue weighted by molar-refractivity contribution is 5.77. The monoisotopic (exact) mass is 366 g/mol. The first-order valence-corrected chi connectivity index (χ1v) is 10.1. The maximum absolute atomic E-state index is 12.5. The third-order valence-electron chi connectivity index (χ3n) is 6.18. The van der Waals surface area contributed by atoms with Gasteiger partial charge < -0.3 is 9.88 Å². The van der Waals surface area contributed by atoms with Crippen LogP contribution in [0.2, 0.25) is 0 Å². The minimum Gasteiger partial charge on any atom is -0.348 e. The Labute approximate surface area is 161 Å². The van der Waals surface area contributed by atoms with Gasteiger partial charge in [-0.25, -0.2) is 4.98 Å². The smallest absolute Gasteiger partial charge is 0.222 e. The van der Waals surface area contributed by atoms with E-state index < -0.39 is 0 Å². The number of nitrogens with one attached hydrogen (secondary N) is 1. The van der Waals surface area contributed by atoms with Crippen molar-refractivity contribution in [3.63, 3.8) is 0 Å². The Morgan fingerprint density at radius 1 is 1.26 bits per heavy atom. The van der Waals surface area contributed by atoms with E-state index in [2.05, 4.69) is 51.0 Å². The molecule has 1 spiro atoms. The number of hydrogen-bond acceptors (Lipinski definition) is 3. The highest BCUT2D eigenvalue weighted by Gasteiger charge is 2.41. The van der Waals surface area contributed by atoms with Crippen molar-refractivity contribution in [1.82, 2.24) is 19.8 Å². The molecular weight excluding hydrogens is 336 g/mol. The molecule has 4 rings (SSSR count). The van der Waals surface area contributed by atoms with Crippen molar-refractivity contribution < 1.29 is 4.79 Å². The molecule has 144 valence electrons. The van der Waals surface area contributed by atoms with E-state index in [0.717, 1.165) is 51.3 Å². The van der Waals surface area contributed by atoms with Crippen LogP contribution in [0.4, 0.5) is 0 Å². The van der Waals surface area contributed by atoms with Crippen molar-refractivity contribution in [3.05, 3.63) is 53.6 Å². The minimum atomic E-state index is 0.268. The van der Waals surface area contributed by atoms with Crippen LogP contribution < -0.4 is 0 Å². The average molecular weight is 367 g/mol. The van der Waals surface area contributed by atoms with Crippen molar-refractivity contribution in [3.8, 4) is 0 Å². The molecule has 1 amide bonds. The number of likely N-dealkylation sites (tertiary alicyclic amines) is 2. The van der Waals surface area contributed by atoms with E-state index >= 15 is 0 Å². The summed E-state index contributed by atoms with van der Waals surface area (Å²) in [5.41, 5.74) is 4.10. The second-order valence-electron chi connectivity index (χ2n) is 8.45. The zero-order chi connectivity index (χ0) is 18.7. The number of nitrogens with zero attached hydrogens (tertiary/aromatic N) is 3. The van der Waals surface area contributed by atoms with Crippen molar-refractivity contribution in [2.24, 2.45) is 5.41 Å². The van der Waals surface area contributed by atoms with Crippen LogP contribution in [0.3, 0.4) is 0 Å². The van der Waals surface area contributed by atoms with Gasteiger partial charge in [0.25, 0.3) is 0 Å². The summed E-state index contributed by atoms with van der Waals surface area (Å²) in [7, 11) is 0. The van der Waals surface area contributed by atoms with Gasteiger partial charge in [0, 0.05) is 56.3 Å². The number of piperidine rings is 2. The zero-order valence-electron chi connectivity index (χ0n) is 16.3. The highest BCUT2D eigenvalue weighted by atomic mass is 16.2. The van der Waals surface area contributed by atoms with Crippen LogP contribution in [0.25, 0.3) is 0 Å². The first-order chi connectivity index (χ1) is 13.1. The quantitative estimate of drug-likeness (QED) is 0.884. The van der Waals surface area contributed by atoms with Crippen LogP contribution in [0.1, 0.15) is 42.5 Å². The molecule has 2 saturated heterocycles. The number of H-pyrrole nitrogens is 1. The van der Waals surface area contributed by atoms with Crippen LogP contribution in [-0.2, 0) is 17.8 Å². The molecule has 1 N–H and O–H groups in total. The third kappa shape index (κ3) is 4.41. The molecule has 1 atom stereocenters. The maximum atomic E-state index is 12.5. The Kier molecular flexibility index (Phi) is 5.30. The summed E-state index contributed by atoms with van der Waals surface area (Å²) in [5.74, 6) is 0.316. The molecule has 0 bridgehead atoms. The van der Waals surface area contributed by atoms with E-state index in [1.54, 1.807) is 6.33 Å². The van der Waals surface area contributed by atoms with Crippen LogP contribution in [0.15, 0.2) is 36.8 Å². The van der Waals surface area contributed by atoms with Crippen LogP contribution >= 0.6 is 0 Å². The van der Waals surface area contributed by atoms with Crippen LogP contribution in [0.5, 0.6) is 0 Å². The molecule has 0 saturated carbocycles. The SMILES string of the molecule is Cc1cccc(CN2CCC[C@]3(CCC(=O)N(CCc4cnc[nH]4)C3)C2)c1. The number of aryl methyl sites for hydroxylation is 1. The summed E-state index contributed by atoms with van der Waals surface area (Å²) < 4.78 is 0. The molecule has 2 aliphatic rings. The van der Waals surface area contributed by atoms with Gasteiger partial charge in [0.2, 0.25) is 5.91 Å². The summed E-state index contributed by atoms with van der Waals surface area (Å²) in [5, 5.41) is 0. The molecular formula is C22H30N4O. The Bertz CT molecular complexity index is 772. The first kappa shape index (κ1) is 18.2. The minimum absolute atomic E-state index is 0.268. The van der Waals surface area contributed by atoms with Gasteiger partial charge in [0.1, 0.15) is 0 Å². The number of hydrogen-bond donors (Lipinski definition) is 1. The summed E-state index contributed by atoms with van der Waals surface area (Å²) in [6.07, 6.45) is 8.62. The predicted molar refractivity (Wildman–Crippen MR) is 106 cm³/mol. The molecule has 2 fully saturated rings. The van der Waals surface area contributed by atoms with Gasteiger partial charge in [-0.2, -0.15) is 0 Å². The summed E-state index contributed by atoms with van der Waals surface area (Å²) in [6.45, 7) is 7.15. The number of carbonyl (C=O) groups is 1. The van der Waals surface area contributed by atoms with E-state index in [0.29, 0.717) is 12.3 Å². The third-order valence-corrected chi connectivity index (χ3v) is 6.18. The molecule has 5 heteroatoms. The number of amides is 1. The van der Waals surface area contributed by atoms with Gasteiger partial charge in [-0.05, 0) is 38.3 Å². The molecule has 0 aliphatic carbocycles. The Morgan fingerprint density at radius 2 is 2.19 bits per heavy atom. The van der Waals surface area contributed by atoms with Crippen molar-refractivity contribution in [1.29, 1.82) is 0 Å². The fourth-order valence-electron chi connectivity index (χ4n) is 4.83. The number of benzene rings is 1. The molecule has 5 nitrogen and oxygen atoms in total. The normalized spacial score (nSPS) is 23.9. The zero-order valence-corrected chi connectivity index (χ0v) is 16.3. The summed E-state index contributed by atoms with van der Waals surface area (Å²) in [6, 6.07) is 8.84. The van der Waals surface area contributed by atoms with Crippen molar-refractivity contribution >= 4 is 5.91 Å². The molecule has 1 aromatic heterocycles. The maximum Gasteiger partial charge on any atom is 0.222 e. The van der Waals surface area contributed by atoms with Gasteiger partial charge in [-0.1, -0.05) is 29.8 Å². The number of carbonyl (C=O) groups excluding carboxylic acids is 1. The topological polar surface area (TPSA) is 52.2 Å². The Hall–Kier alpha value is -2.14. The number of aromatic amines is 1. The molecule has 2 aromatic rings. The van der Waals surface area contributed by atoms with Gasteiger partial charge in [0.15, 0.2) is 0 Å². The lowest BCUT2D eigenvalue weighted by Gasteiger charge is -2.48. The summed E-state index contributed by atoms with van der Waals surface area (Å²) >= 11 is 0. The lowest BCUT2D eigenvalue weighted by atomic mass is 9.73. The molecule has 3 heterocycles. The molecule has 0 radical (unpaired) electrons. The second-order valence-corrected chi connectivity index (χ2v) is 8.45. The van der Waals surface area contributed by atoms with E-state index in [9.17, 15) is 4.79 Å². The van der Waals surface area contributed by atoms with Crippen molar-refractivity contribution in [2.75, 3.05) is 26.2 Å². The van der Waals surface area contributed by atoms with E-state index in [4.69, 9.17) is 0 Å².